The van der Waals surface area contributed by atoms with Crippen molar-refractivity contribution >= 4 is 23.7 Å². The van der Waals surface area contributed by atoms with Crippen LogP contribution < -0.4 is 5.32 Å². The van der Waals surface area contributed by atoms with Crippen molar-refractivity contribution in [1.29, 1.82) is 0 Å². The summed E-state index contributed by atoms with van der Waals surface area (Å²) in [5.74, 6) is 0.882. The summed E-state index contributed by atoms with van der Waals surface area (Å²) in [7, 11) is 0. The lowest BCUT2D eigenvalue weighted by atomic mass is 10.2. The number of aryl methyl sites for hydroxylation is 1. The molecule has 2 aromatic rings. The molecule has 0 aliphatic carbocycles. The fourth-order valence-corrected chi connectivity index (χ4v) is 2.59. The van der Waals surface area contributed by atoms with Gasteiger partial charge < -0.3 is 15.4 Å². The van der Waals surface area contributed by atoms with Gasteiger partial charge in [0.25, 0.3) is 0 Å². The molecule has 0 saturated heterocycles. The van der Waals surface area contributed by atoms with E-state index in [4.69, 9.17) is 0 Å². The summed E-state index contributed by atoms with van der Waals surface area (Å²) in [5, 5.41) is 14.7. The highest BCUT2D eigenvalue weighted by Gasteiger charge is 2.13. The molecule has 6 heteroatoms. The van der Waals surface area contributed by atoms with Gasteiger partial charge in [-0.3, -0.25) is 0 Å². The first-order valence-corrected chi connectivity index (χ1v) is 6.05. The summed E-state index contributed by atoms with van der Waals surface area (Å²) in [5.41, 5.74) is 1.22. The van der Waals surface area contributed by atoms with Gasteiger partial charge in [-0.05, 0) is 23.9 Å². The maximum Gasteiger partial charge on any atom is 0.120 e. The van der Waals surface area contributed by atoms with Crippen LogP contribution in [0.2, 0.25) is 0 Å². The summed E-state index contributed by atoms with van der Waals surface area (Å²) < 4.78 is 0. The van der Waals surface area contributed by atoms with E-state index in [0.717, 1.165) is 5.82 Å². The average molecular weight is 274 g/mol. The van der Waals surface area contributed by atoms with Crippen LogP contribution in [0, 0.1) is 6.92 Å². The Labute approximate surface area is 111 Å². The largest absolute Gasteiger partial charge is 0.394 e. The van der Waals surface area contributed by atoms with Crippen molar-refractivity contribution in [1.82, 2.24) is 15.3 Å². The number of aromatic amines is 1. The van der Waals surface area contributed by atoms with Gasteiger partial charge in [-0.2, -0.15) is 0 Å². The summed E-state index contributed by atoms with van der Waals surface area (Å²) in [6, 6.07) is 2.06. The highest BCUT2D eigenvalue weighted by atomic mass is 35.5. The maximum absolute atomic E-state index is 9.36. The van der Waals surface area contributed by atoms with Crippen molar-refractivity contribution in [3.8, 4) is 0 Å². The van der Waals surface area contributed by atoms with Gasteiger partial charge in [-0.15, -0.1) is 23.7 Å². The summed E-state index contributed by atoms with van der Waals surface area (Å²) >= 11 is 1.67. The molecule has 4 nitrogen and oxygen atoms in total. The van der Waals surface area contributed by atoms with Gasteiger partial charge in [0, 0.05) is 17.3 Å². The third-order valence-corrected chi connectivity index (χ3v) is 3.60. The van der Waals surface area contributed by atoms with Crippen LogP contribution in [0.5, 0.6) is 0 Å². The van der Waals surface area contributed by atoms with Crippen molar-refractivity contribution in [2.75, 3.05) is 6.61 Å². The van der Waals surface area contributed by atoms with Crippen molar-refractivity contribution in [2.24, 2.45) is 0 Å². The van der Waals surface area contributed by atoms with Crippen molar-refractivity contribution in [3.63, 3.8) is 0 Å². The van der Waals surface area contributed by atoms with Gasteiger partial charge in [0.05, 0.1) is 19.2 Å². The monoisotopic (exact) mass is 273 g/mol. The van der Waals surface area contributed by atoms with Gasteiger partial charge >= 0.3 is 0 Å². The number of aliphatic hydroxyl groups excluding tert-OH is 1. The molecule has 94 valence electrons. The first-order valence-electron chi connectivity index (χ1n) is 5.17. The van der Waals surface area contributed by atoms with E-state index in [1.807, 2.05) is 5.38 Å². The predicted octanol–water partition coefficient (Wildman–Crippen LogP) is 2.02. The number of hydrogen-bond donors (Lipinski definition) is 3. The van der Waals surface area contributed by atoms with Crippen molar-refractivity contribution in [2.45, 2.75) is 19.5 Å². The number of aliphatic hydroxyl groups is 1. The van der Waals surface area contributed by atoms with Crippen LogP contribution >= 0.6 is 23.7 Å². The molecule has 0 aromatic carbocycles. The van der Waals surface area contributed by atoms with Crippen LogP contribution in [-0.2, 0) is 6.54 Å². The number of H-pyrrole nitrogens is 1. The Morgan fingerprint density at radius 3 is 2.94 bits per heavy atom. The molecule has 0 fully saturated rings. The smallest absolute Gasteiger partial charge is 0.120 e. The molecule has 1 atom stereocenters. The number of hydrogen-bond acceptors (Lipinski definition) is 4. The van der Waals surface area contributed by atoms with E-state index in [2.05, 4.69) is 28.3 Å². The standard InChI is InChI=1S/C11H15N3OS.ClH/c1-8-2-5-16-11(8)9(7-15)14-6-10-12-3-4-13-10;/h2-5,9,14-15H,6-7H2,1H3,(H,12,13);1H. The SMILES string of the molecule is Cc1ccsc1C(CO)NCc1ncc[nH]1.Cl. The Bertz CT molecular complexity index is 430. The Balaban J connectivity index is 0.00000144. The number of thiophene rings is 1. The second kappa shape index (κ2) is 6.76. The zero-order valence-corrected chi connectivity index (χ0v) is 11.1. The lowest BCUT2D eigenvalue weighted by molar-refractivity contribution is 0.244. The minimum atomic E-state index is -0.00917. The van der Waals surface area contributed by atoms with Gasteiger partial charge in [-0.1, -0.05) is 0 Å². The molecule has 0 saturated carbocycles. The number of aromatic nitrogens is 2. The van der Waals surface area contributed by atoms with Crippen LogP contribution in [0.1, 0.15) is 22.3 Å². The minimum Gasteiger partial charge on any atom is -0.394 e. The lowest BCUT2D eigenvalue weighted by Gasteiger charge is -2.15. The highest BCUT2D eigenvalue weighted by molar-refractivity contribution is 7.10. The number of nitrogens with one attached hydrogen (secondary N) is 2. The molecule has 2 heterocycles. The molecule has 2 aromatic heterocycles. The van der Waals surface area contributed by atoms with Crippen molar-refractivity contribution < 1.29 is 5.11 Å². The van der Waals surface area contributed by atoms with Crippen LogP contribution in [0.3, 0.4) is 0 Å². The molecule has 0 spiro atoms. The van der Waals surface area contributed by atoms with Crippen LogP contribution in [0.4, 0.5) is 0 Å². The molecule has 0 aliphatic rings. The normalized spacial score (nSPS) is 12.1. The minimum absolute atomic E-state index is 0. The Hall–Kier alpha value is -0.880. The van der Waals surface area contributed by atoms with Crippen LogP contribution in [-0.4, -0.2) is 21.7 Å². The quantitative estimate of drug-likeness (QED) is 0.781. The zero-order valence-electron chi connectivity index (χ0n) is 9.51. The molecular formula is C11H16ClN3OS. The van der Waals surface area contributed by atoms with Gasteiger partial charge in [0.1, 0.15) is 5.82 Å². The van der Waals surface area contributed by atoms with Gasteiger partial charge in [-0.25, -0.2) is 4.98 Å². The predicted molar refractivity (Wildman–Crippen MR) is 71.6 cm³/mol. The lowest BCUT2D eigenvalue weighted by Crippen LogP contribution is -2.24. The summed E-state index contributed by atoms with van der Waals surface area (Å²) in [6.45, 7) is 2.79. The second-order valence-electron chi connectivity index (χ2n) is 3.62. The maximum atomic E-state index is 9.36. The third kappa shape index (κ3) is 3.54. The first-order chi connectivity index (χ1) is 7.81. The summed E-state index contributed by atoms with van der Waals surface area (Å²) in [6.07, 6.45) is 3.52. The molecule has 1 unspecified atom stereocenters. The molecule has 17 heavy (non-hydrogen) atoms. The van der Waals surface area contributed by atoms with E-state index in [1.54, 1.807) is 23.7 Å². The van der Waals surface area contributed by atoms with E-state index in [-0.39, 0.29) is 25.1 Å². The van der Waals surface area contributed by atoms with E-state index < -0.39 is 0 Å². The highest BCUT2D eigenvalue weighted by Crippen LogP contribution is 2.23. The molecule has 0 bridgehead atoms. The molecule has 0 aliphatic heterocycles. The van der Waals surface area contributed by atoms with E-state index in [0.29, 0.717) is 6.54 Å². The van der Waals surface area contributed by atoms with Crippen molar-refractivity contribution in [3.05, 3.63) is 40.1 Å². The topological polar surface area (TPSA) is 60.9 Å². The Morgan fingerprint density at radius 2 is 2.41 bits per heavy atom. The molecule has 2 rings (SSSR count). The molecule has 0 amide bonds. The number of nitrogens with zero attached hydrogens (tertiary/aromatic N) is 1. The average Bonchev–Trinajstić information content (AvgIpc) is 2.92. The van der Waals surface area contributed by atoms with Crippen LogP contribution in [0.25, 0.3) is 0 Å². The van der Waals surface area contributed by atoms with E-state index >= 15 is 0 Å². The summed E-state index contributed by atoms with van der Waals surface area (Å²) in [4.78, 5) is 8.34. The van der Waals surface area contributed by atoms with E-state index in [1.165, 1.54) is 10.4 Å². The second-order valence-corrected chi connectivity index (χ2v) is 4.57. The fourth-order valence-electron chi connectivity index (χ4n) is 1.60. The van der Waals surface area contributed by atoms with Crippen LogP contribution in [0.15, 0.2) is 23.8 Å². The Morgan fingerprint density at radius 1 is 1.59 bits per heavy atom. The molecular weight excluding hydrogens is 258 g/mol. The molecule has 3 N–H and O–H groups in total. The van der Waals surface area contributed by atoms with E-state index in [9.17, 15) is 5.11 Å². The molecule has 0 radical (unpaired) electrons. The first kappa shape index (κ1) is 14.2. The zero-order chi connectivity index (χ0) is 11.4. The number of halogens is 1. The van der Waals surface area contributed by atoms with Gasteiger partial charge in [0.15, 0.2) is 0 Å². The number of rotatable bonds is 5. The number of imidazole rings is 1. The van der Waals surface area contributed by atoms with Gasteiger partial charge in [0.2, 0.25) is 0 Å². The third-order valence-electron chi connectivity index (χ3n) is 2.47. The Kier molecular flexibility index (Phi) is 5.64. The fraction of sp³-hybridized carbons (Fsp3) is 0.364.